The van der Waals surface area contributed by atoms with Gasteiger partial charge in [0.15, 0.2) is 0 Å². The zero-order valence-electron chi connectivity index (χ0n) is 12.4. The van der Waals surface area contributed by atoms with E-state index in [0.717, 1.165) is 22.8 Å². The molecule has 0 unspecified atom stereocenters. The van der Waals surface area contributed by atoms with Crippen molar-refractivity contribution in [3.8, 4) is 0 Å². The number of rotatable bonds is 5. The topological polar surface area (TPSA) is 102 Å². The van der Waals surface area contributed by atoms with Crippen molar-refractivity contribution in [3.63, 3.8) is 0 Å². The van der Waals surface area contributed by atoms with Crippen LogP contribution in [0.1, 0.15) is 30.8 Å². The zero-order valence-corrected chi connectivity index (χ0v) is 13.3. The van der Waals surface area contributed by atoms with Crippen molar-refractivity contribution >= 4 is 23.2 Å². The van der Waals surface area contributed by atoms with E-state index in [1.807, 2.05) is 13.0 Å². The third-order valence-electron chi connectivity index (χ3n) is 3.70. The highest BCUT2D eigenvalue weighted by Gasteiger charge is 2.31. The molecule has 1 amide bonds. The molecule has 2 N–H and O–H groups in total. The van der Waals surface area contributed by atoms with Crippen LogP contribution in [0.5, 0.6) is 0 Å². The number of amides is 1. The zero-order chi connectivity index (χ0) is 16.4. The van der Waals surface area contributed by atoms with Crippen molar-refractivity contribution in [3.05, 3.63) is 39.4 Å². The van der Waals surface area contributed by atoms with E-state index >= 15 is 0 Å². The fourth-order valence-corrected chi connectivity index (χ4v) is 3.29. The molecule has 1 aliphatic rings. The Balaban J connectivity index is 1.63. The standard InChI is InChI=1S/C15H16N2O5S/c1-8-4-10(22-17-8)5-9-6-21-7-11(9)16-14(18)12-2-3-13(23-12)15(19)20/h2-4,9,11H,5-7H2,1H3,(H,16,18)(H,19,20)/t9-,11+/m1/s1. The Morgan fingerprint density at radius 3 is 2.83 bits per heavy atom. The summed E-state index contributed by atoms with van der Waals surface area (Å²) in [7, 11) is 0. The van der Waals surface area contributed by atoms with Crippen molar-refractivity contribution < 1.29 is 24.0 Å². The quantitative estimate of drug-likeness (QED) is 0.862. The van der Waals surface area contributed by atoms with Gasteiger partial charge in [0.25, 0.3) is 5.91 Å². The van der Waals surface area contributed by atoms with Crippen molar-refractivity contribution in [2.24, 2.45) is 5.92 Å². The van der Waals surface area contributed by atoms with Crippen molar-refractivity contribution in [1.82, 2.24) is 10.5 Å². The molecular weight excluding hydrogens is 320 g/mol. The molecule has 0 aromatic carbocycles. The molecule has 2 aromatic rings. The molecule has 8 heteroatoms. The summed E-state index contributed by atoms with van der Waals surface area (Å²) in [5.41, 5.74) is 0.819. The van der Waals surface area contributed by atoms with Crippen LogP contribution < -0.4 is 5.32 Å². The highest BCUT2D eigenvalue weighted by atomic mass is 32.1. The molecule has 7 nitrogen and oxygen atoms in total. The first-order valence-corrected chi connectivity index (χ1v) is 7.98. The molecule has 122 valence electrons. The normalized spacial score (nSPS) is 20.6. The van der Waals surface area contributed by atoms with Gasteiger partial charge in [0.05, 0.1) is 29.8 Å². The maximum absolute atomic E-state index is 12.3. The highest BCUT2D eigenvalue weighted by Crippen LogP contribution is 2.22. The second-order valence-electron chi connectivity index (χ2n) is 5.49. The van der Waals surface area contributed by atoms with Crippen molar-refractivity contribution in [1.29, 1.82) is 0 Å². The number of carboxylic acid groups (broad SMARTS) is 1. The summed E-state index contributed by atoms with van der Waals surface area (Å²) < 4.78 is 10.7. The van der Waals surface area contributed by atoms with E-state index in [0.29, 0.717) is 24.5 Å². The van der Waals surface area contributed by atoms with Gasteiger partial charge < -0.3 is 19.7 Å². The van der Waals surface area contributed by atoms with Crippen LogP contribution >= 0.6 is 11.3 Å². The summed E-state index contributed by atoms with van der Waals surface area (Å²) in [6, 6.07) is 4.69. The van der Waals surface area contributed by atoms with Crippen LogP contribution in [-0.2, 0) is 11.2 Å². The number of carboxylic acids is 1. The molecule has 3 heterocycles. The Morgan fingerprint density at radius 2 is 2.17 bits per heavy atom. The van der Waals surface area contributed by atoms with Crippen LogP contribution in [-0.4, -0.2) is 41.4 Å². The number of thiophene rings is 1. The number of nitrogens with zero attached hydrogens (tertiary/aromatic N) is 1. The molecule has 23 heavy (non-hydrogen) atoms. The Labute approximate surface area is 136 Å². The number of ether oxygens (including phenoxy) is 1. The van der Waals surface area contributed by atoms with Gasteiger partial charge in [0, 0.05) is 18.4 Å². The predicted octanol–water partition coefficient (Wildman–Crippen LogP) is 1.73. The van der Waals surface area contributed by atoms with Crippen LogP contribution in [0, 0.1) is 12.8 Å². The smallest absolute Gasteiger partial charge is 0.345 e. The Bertz CT molecular complexity index is 723. The lowest BCUT2D eigenvalue weighted by Crippen LogP contribution is -2.40. The molecule has 0 saturated carbocycles. The van der Waals surface area contributed by atoms with Gasteiger partial charge in [-0.3, -0.25) is 4.79 Å². The van der Waals surface area contributed by atoms with E-state index in [9.17, 15) is 9.59 Å². The van der Waals surface area contributed by atoms with Crippen LogP contribution in [0.15, 0.2) is 22.7 Å². The van der Waals surface area contributed by atoms with Crippen LogP contribution in [0.4, 0.5) is 0 Å². The second-order valence-corrected chi connectivity index (χ2v) is 6.57. The second kappa shape index (κ2) is 6.51. The summed E-state index contributed by atoms with van der Waals surface area (Å²) in [5, 5.41) is 15.7. The summed E-state index contributed by atoms with van der Waals surface area (Å²) in [6.45, 7) is 2.82. The molecule has 0 spiro atoms. The van der Waals surface area contributed by atoms with Gasteiger partial charge >= 0.3 is 5.97 Å². The van der Waals surface area contributed by atoms with E-state index in [-0.39, 0.29) is 22.7 Å². The molecule has 1 fully saturated rings. The summed E-state index contributed by atoms with van der Waals surface area (Å²) >= 11 is 0.960. The lowest BCUT2D eigenvalue weighted by molar-refractivity contribution is 0.0702. The summed E-state index contributed by atoms with van der Waals surface area (Å²) in [4.78, 5) is 23.7. The molecule has 2 atom stereocenters. The van der Waals surface area contributed by atoms with Crippen molar-refractivity contribution in [2.45, 2.75) is 19.4 Å². The van der Waals surface area contributed by atoms with Gasteiger partial charge in [-0.05, 0) is 19.1 Å². The minimum absolute atomic E-state index is 0.102. The van der Waals surface area contributed by atoms with E-state index in [4.69, 9.17) is 14.4 Å². The minimum Gasteiger partial charge on any atom is -0.477 e. The van der Waals surface area contributed by atoms with Gasteiger partial charge in [-0.2, -0.15) is 0 Å². The average molecular weight is 336 g/mol. The van der Waals surface area contributed by atoms with Crippen LogP contribution in [0.25, 0.3) is 0 Å². The fourth-order valence-electron chi connectivity index (χ4n) is 2.54. The molecule has 1 aliphatic heterocycles. The number of hydrogen-bond acceptors (Lipinski definition) is 6. The summed E-state index contributed by atoms with van der Waals surface area (Å²) in [5.74, 6) is -0.444. The number of hydrogen-bond donors (Lipinski definition) is 2. The van der Waals surface area contributed by atoms with Gasteiger partial charge in [0.2, 0.25) is 0 Å². The van der Waals surface area contributed by atoms with Crippen LogP contribution in [0.2, 0.25) is 0 Å². The highest BCUT2D eigenvalue weighted by molar-refractivity contribution is 7.15. The predicted molar refractivity (Wildman–Crippen MR) is 81.8 cm³/mol. The first-order chi connectivity index (χ1) is 11.0. The van der Waals surface area contributed by atoms with E-state index in [1.165, 1.54) is 12.1 Å². The number of carbonyl (C=O) groups excluding carboxylic acids is 1. The average Bonchev–Trinajstić information content (AvgIpc) is 3.21. The lowest BCUT2D eigenvalue weighted by Gasteiger charge is -2.17. The number of aryl methyl sites for hydroxylation is 1. The Hall–Kier alpha value is -2.19. The van der Waals surface area contributed by atoms with Gasteiger partial charge in [-0.1, -0.05) is 5.16 Å². The first kappa shape index (κ1) is 15.7. The maximum atomic E-state index is 12.3. The maximum Gasteiger partial charge on any atom is 0.345 e. The number of aromatic nitrogens is 1. The third kappa shape index (κ3) is 3.59. The lowest BCUT2D eigenvalue weighted by atomic mass is 9.98. The van der Waals surface area contributed by atoms with Gasteiger partial charge in [-0.15, -0.1) is 11.3 Å². The molecule has 0 radical (unpaired) electrons. The third-order valence-corrected chi connectivity index (χ3v) is 4.77. The molecule has 0 bridgehead atoms. The minimum atomic E-state index is -1.03. The number of carbonyl (C=O) groups is 2. The molecular formula is C15H16N2O5S. The molecule has 0 aliphatic carbocycles. The van der Waals surface area contributed by atoms with Crippen LogP contribution in [0.3, 0.4) is 0 Å². The van der Waals surface area contributed by atoms with Gasteiger partial charge in [0.1, 0.15) is 10.6 Å². The number of aromatic carboxylic acids is 1. The number of nitrogens with one attached hydrogen (secondary N) is 1. The van der Waals surface area contributed by atoms with E-state index < -0.39 is 5.97 Å². The first-order valence-electron chi connectivity index (χ1n) is 7.17. The largest absolute Gasteiger partial charge is 0.477 e. The monoisotopic (exact) mass is 336 g/mol. The summed E-state index contributed by atoms with van der Waals surface area (Å²) in [6.07, 6.45) is 0.636. The van der Waals surface area contributed by atoms with E-state index in [2.05, 4.69) is 10.5 Å². The molecule has 3 rings (SSSR count). The molecule has 1 saturated heterocycles. The fraction of sp³-hybridized carbons (Fsp3) is 0.400. The van der Waals surface area contributed by atoms with Gasteiger partial charge in [-0.25, -0.2) is 4.79 Å². The SMILES string of the molecule is Cc1cc(C[C@@H]2COC[C@@H]2NC(=O)c2ccc(C(=O)O)s2)on1. The van der Waals surface area contributed by atoms with Crippen molar-refractivity contribution in [2.75, 3.05) is 13.2 Å². The van der Waals surface area contributed by atoms with E-state index in [1.54, 1.807) is 0 Å². The Morgan fingerprint density at radius 1 is 1.39 bits per heavy atom. The molecule has 2 aromatic heterocycles. The Kier molecular flexibility index (Phi) is 4.44.